The van der Waals surface area contributed by atoms with Gasteiger partial charge in [0.2, 0.25) is 5.89 Å². The third-order valence-corrected chi connectivity index (χ3v) is 3.73. The summed E-state index contributed by atoms with van der Waals surface area (Å²) in [7, 11) is 0. The first-order valence-electron chi connectivity index (χ1n) is 6.04. The molecule has 6 heteroatoms. The first-order valence-corrected chi connectivity index (χ1v) is 7.40. The van der Waals surface area contributed by atoms with Gasteiger partial charge in [-0.1, -0.05) is 30.6 Å². The maximum atomic E-state index is 5.88. The number of hydrogen-bond acceptors (Lipinski definition) is 5. The lowest BCUT2D eigenvalue weighted by atomic mass is 10.1. The quantitative estimate of drug-likeness (QED) is 0.672. The van der Waals surface area contributed by atoms with Crippen LogP contribution in [0.2, 0.25) is 5.02 Å². The lowest BCUT2D eigenvalue weighted by Gasteiger charge is -2.03. The maximum Gasteiger partial charge on any atom is 0.237 e. The van der Waals surface area contributed by atoms with Crippen LogP contribution in [0.5, 0.6) is 0 Å². The van der Waals surface area contributed by atoms with Gasteiger partial charge >= 0.3 is 0 Å². The number of anilines is 1. The number of aromatic nitrogens is 2. The fourth-order valence-corrected chi connectivity index (χ4v) is 2.55. The molecule has 4 nitrogen and oxygen atoms in total. The van der Waals surface area contributed by atoms with E-state index >= 15 is 0 Å². The van der Waals surface area contributed by atoms with Gasteiger partial charge in [-0.15, -0.1) is 11.8 Å². The number of nitrogen functional groups attached to an aromatic ring is 1. The molecule has 0 saturated carbocycles. The van der Waals surface area contributed by atoms with Gasteiger partial charge in [-0.3, -0.25) is 0 Å². The summed E-state index contributed by atoms with van der Waals surface area (Å²) in [6, 6.07) is 5.45. The summed E-state index contributed by atoms with van der Waals surface area (Å²) in [5.41, 5.74) is 6.55. The van der Waals surface area contributed by atoms with Crippen molar-refractivity contribution in [1.29, 1.82) is 0 Å². The Balaban J connectivity index is 1.96. The molecule has 19 heavy (non-hydrogen) atoms. The van der Waals surface area contributed by atoms with Gasteiger partial charge in [-0.2, -0.15) is 4.98 Å². The summed E-state index contributed by atoms with van der Waals surface area (Å²) >= 11 is 7.42. The molecular weight excluding hydrogens is 282 g/mol. The number of thioether (sulfide) groups is 1. The van der Waals surface area contributed by atoms with Gasteiger partial charge in [0, 0.05) is 22.0 Å². The van der Waals surface area contributed by atoms with Gasteiger partial charge in [0.05, 0.1) is 5.75 Å². The van der Waals surface area contributed by atoms with E-state index in [1.807, 2.05) is 12.1 Å². The third kappa shape index (κ3) is 4.14. The van der Waals surface area contributed by atoms with E-state index in [1.54, 1.807) is 17.8 Å². The van der Waals surface area contributed by atoms with Gasteiger partial charge in [0.25, 0.3) is 0 Å². The number of nitrogens with two attached hydrogens (primary N) is 1. The average molecular weight is 298 g/mol. The van der Waals surface area contributed by atoms with Crippen LogP contribution in [0.1, 0.15) is 25.6 Å². The van der Waals surface area contributed by atoms with Crippen LogP contribution in [0.4, 0.5) is 5.69 Å². The highest BCUT2D eigenvalue weighted by Gasteiger charge is 2.09. The normalized spacial score (nSPS) is 11.2. The van der Waals surface area contributed by atoms with Crippen molar-refractivity contribution in [3.8, 4) is 0 Å². The van der Waals surface area contributed by atoms with Crippen molar-refractivity contribution in [1.82, 2.24) is 10.1 Å². The van der Waals surface area contributed by atoms with Crippen LogP contribution in [0.3, 0.4) is 0 Å². The van der Waals surface area contributed by atoms with Crippen molar-refractivity contribution in [2.75, 3.05) is 5.73 Å². The predicted molar refractivity (Wildman–Crippen MR) is 78.3 cm³/mol. The highest BCUT2D eigenvalue weighted by atomic mass is 35.5. The molecule has 0 aliphatic rings. The molecule has 1 aromatic carbocycles. The van der Waals surface area contributed by atoms with Gasteiger partial charge in [0.1, 0.15) is 0 Å². The molecule has 0 aliphatic heterocycles. The van der Waals surface area contributed by atoms with E-state index in [2.05, 4.69) is 24.0 Å². The minimum absolute atomic E-state index is 0.519. The van der Waals surface area contributed by atoms with Crippen molar-refractivity contribution in [3.05, 3.63) is 34.9 Å². The topological polar surface area (TPSA) is 64.9 Å². The zero-order chi connectivity index (χ0) is 13.8. The molecule has 0 amide bonds. The SMILES string of the molecule is CC(C)Cc1noc(CSc2ccc(Cl)cc2N)n1. The molecule has 1 aromatic heterocycles. The summed E-state index contributed by atoms with van der Waals surface area (Å²) in [6.45, 7) is 4.25. The molecule has 0 aliphatic carbocycles. The molecule has 0 saturated heterocycles. The number of rotatable bonds is 5. The molecule has 0 atom stereocenters. The fourth-order valence-electron chi connectivity index (χ4n) is 1.59. The first kappa shape index (κ1) is 14.2. The second-order valence-electron chi connectivity index (χ2n) is 4.67. The van der Waals surface area contributed by atoms with Crippen molar-refractivity contribution < 1.29 is 4.52 Å². The highest BCUT2D eigenvalue weighted by Crippen LogP contribution is 2.29. The van der Waals surface area contributed by atoms with E-state index in [0.717, 1.165) is 17.1 Å². The van der Waals surface area contributed by atoms with E-state index in [1.165, 1.54) is 0 Å². The second-order valence-corrected chi connectivity index (χ2v) is 6.13. The molecule has 0 fully saturated rings. The first-order chi connectivity index (χ1) is 9.04. The summed E-state index contributed by atoms with van der Waals surface area (Å²) in [4.78, 5) is 5.31. The molecule has 1 heterocycles. The Morgan fingerprint density at radius 1 is 1.42 bits per heavy atom. The van der Waals surface area contributed by atoms with E-state index in [4.69, 9.17) is 21.9 Å². The molecule has 2 rings (SSSR count). The Hall–Kier alpha value is -1.20. The van der Waals surface area contributed by atoms with Crippen LogP contribution in [-0.4, -0.2) is 10.1 Å². The van der Waals surface area contributed by atoms with E-state index in [-0.39, 0.29) is 0 Å². The fraction of sp³-hybridized carbons (Fsp3) is 0.385. The monoisotopic (exact) mass is 297 g/mol. The minimum Gasteiger partial charge on any atom is -0.398 e. The Morgan fingerprint density at radius 2 is 2.21 bits per heavy atom. The van der Waals surface area contributed by atoms with Gasteiger partial charge in [-0.25, -0.2) is 0 Å². The summed E-state index contributed by atoms with van der Waals surface area (Å²) in [5.74, 6) is 2.51. The Kier molecular flexibility index (Phi) is 4.71. The molecular formula is C13H16ClN3OS. The summed E-state index contributed by atoms with van der Waals surface area (Å²) in [5, 5.41) is 4.59. The molecule has 2 aromatic rings. The number of hydrogen-bond donors (Lipinski definition) is 1. The lowest BCUT2D eigenvalue weighted by Crippen LogP contribution is -1.96. The van der Waals surface area contributed by atoms with Crippen LogP contribution in [0, 0.1) is 5.92 Å². The van der Waals surface area contributed by atoms with Crippen molar-refractivity contribution in [2.24, 2.45) is 5.92 Å². The standard InChI is InChI=1S/C13H16ClN3OS/c1-8(2)5-12-16-13(18-17-12)7-19-11-4-3-9(14)6-10(11)15/h3-4,6,8H,5,7,15H2,1-2H3. The van der Waals surface area contributed by atoms with Crippen LogP contribution in [-0.2, 0) is 12.2 Å². The second kappa shape index (κ2) is 6.30. The Bertz CT molecular complexity index is 557. The molecule has 0 bridgehead atoms. The summed E-state index contributed by atoms with van der Waals surface area (Å²) < 4.78 is 5.20. The number of halogens is 1. The third-order valence-electron chi connectivity index (χ3n) is 2.42. The largest absolute Gasteiger partial charge is 0.398 e. The zero-order valence-corrected chi connectivity index (χ0v) is 12.5. The predicted octanol–water partition coefficient (Wildman–Crippen LogP) is 3.80. The van der Waals surface area contributed by atoms with E-state index < -0.39 is 0 Å². The van der Waals surface area contributed by atoms with E-state index in [9.17, 15) is 0 Å². The van der Waals surface area contributed by atoms with E-state index in [0.29, 0.717) is 28.3 Å². The summed E-state index contributed by atoms with van der Waals surface area (Å²) in [6.07, 6.45) is 0.831. The highest BCUT2D eigenvalue weighted by molar-refractivity contribution is 7.98. The van der Waals surface area contributed by atoms with Crippen molar-refractivity contribution in [2.45, 2.75) is 30.9 Å². The van der Waals surface area contributed by atoms with Crippen molar-refractivity contribution in [3.63, 3.8) is 0 Å². The minimum atomic E-state index is 0.519. The molecule has 0 radical (unpaired) electrons. The van der Waals surface area contributed by atoms with Gasteiger partial charge in [-0.05, 0) is 24.1 Å². The number of nitrogens with zero attached hydrogens (tertiary/aromatic N) is 2. The maximum absolute atomic E-state index is 5.88. The Morgan fingerprint density at radius 3 is 2.89 bits per heavy atom. The van der Waals surface area contributed by atoms with Crippen LogP contribution in [0.25, 0.3) is 0 Å². The smallest absolute Gasteiger partial charge is 0.237 e. The lowest BCUT2D eigenvalue weighted by molar-refractivity contribution is 0.382. The Labute approximate surface area is 121 Å². The van der Waals surface area contributed by atoms with Crippen molar-refractivity contribution >= 4 is 29.1 Å². The van der Waals surface area contributed by atoms with Crippen LogP contribution < -0.4 is 5.73 Å². The van der Waals surface area contributed by atoms with Crippen LogP contribution >= 0.6 is 23.4 Å². The van der Waals surface area contributed by atoms with Gasteiger partial charge in [0.15, 0.2) is 5.82 Å². The van der Waals surface area contributed by atoms with Crippen LogP contribution in [0.15, 0.2) is 27.6 Å². The molecule has 102 valence electrons. The zero-order valence-electron chi connectivity index (χ0n) is 10.9. The number of benzene rings is 1. The average Bonchev–Trinajstić information content (AvgIpc) is 2.74. The molecule has 0 unspecified atom stereocenters. The molecule has 0 spiro atoms. The van der Waals surface area contributed by atoms with Gasteiger partial charge < -0.3 is 10.3 Å². The molecule has 2 N–H and O–H groups in total.